The third-order valence-electron chi connectivity index (χ3n) is 2.75. The van der Waals surface area contributed by atoms with Gasteiger partial charge in [-0.05, 0) is 42.5 Å². The summed E-state index contributed by atoms with van der Waals surface area (Å²) in [6, 6.07) is 7.34. The second-order valence-corrected chi connectivity index (χ2v) is 3.76. The van der Waals surface area contributed by atoms with Crippen LogP contribution in [0.5, 0.6) is 5.75 Å². The number of hydrogen-bond acceptors (Lipinski definition) is 2. The Balaban J connectivity index is 2.13. The highest BCUT2D eigenvalue weighted by Gasteiger charge is 2.15. The Kier molecular flexibility index (Phi) is 2.44. The lowest BCUT2D eigenvalue weighted by Crippen LogP contribution is -2.03. The van der Waals surface area contributed by atoms with E-state index >= 15 is 0 Å². The Morgan fingerprint density at radius 1 is 1.07 bits per heavy atom. The molecule has 1 aromatic carbocycles. The van der Waals surface area contributed by atoms with Crippen molar-refractivity contribution in [1.82, 2.24) is 0 Å². The van der Waals surface area contributed by atoms with Gasteiger partial charge in [0, 0.05) is 6.42 Å². The van der Waals surface area contributed by atoms with Gasteiger partial charge >= 0.3 is 0 Å². The van der Waals surface area contributed by atoms with Gasteiger partial charge in [0.15, 0.2) is 0 Å². The maximum Gasteiger partial charge on any atom is 0.115 e. The number of aromatic hydroxyl groups is 1. The summed E-state index contributed by atoms with van der Waals surface area (Å²) in [5, 5.41) is 18.4. The zero-order valence-electron chi connectivity index (χ0n) is 7.98. The van der Waals surface area contributed by atoms with Crippen molar-refractivity contribution in [2.24, 2.45) is 0 Å². The van der Waals surface area contributed by atoms with Crippen LogP contribution in [0.15, 0.2) is 36.1 Å². The van der Waals surface area contributed by atoms with Crippen molar-refractivity contribution in [2.45, 2.75) is 25.2 Å². The molecule has 1 aromatic rings. The average Bonchev–Trinajstić information content (AvgIpc) is 2.21. The van der Waals surface area contributed by atoms with E-state index in [1.807, 2.05) is 18.2 Å². The van der Waals surface area contributed by atoms with Crippen molar-refractivity contribution in [3.63, 3.8) is 0 Å². The lowest BCUT2D eigenvalue weighted by molar-refractivity contribution is 0.358. The first kappa shape index (κ1) is 9.13. The highest BCUT2D eigenvalue weighted by molar-refractivity contribution is 5.29. The first-order chi connectivity index (χ1) is 6.75. The van der Waals surface area contributed by atoms with Gasteiger partial charge in [-0.3, -0.25) is 0 Å². The van der Waals surface area contributed by atoms with Gasteiger partial charge in [-0.15, -0.1) is 0 Å². The number of hydrogen-bond donors (Lipinski definition) is 2. The third-order valence-corrected chi connectivity index (χ3v) is 2.75. The largest absolute Gasteiger partial charge is 0.513 e. The van der Waals surface area contributed by atoms with E-state index in [0.717, 1.165) is 19.3 Å². The Labute approximate surface area is 83.5 Å². The summed E-state index contributed by atoms with van der Waals surface area (Å²) in [5.41, 5.74) is 1.24. The summed E-state index contributed by atoms with van der Waals surface area (Å²) in [6.45, 7) is 0. The second-order valence-electron chi connectivity index (χ2n) is 3.76. The summed E-state index contributed by atoms with van der Waals surface area (Å²) >= 11 is 0. The monoisotopic (exact) mass is 190 g/mol. The van der Waals surface area contributed by atoms with Crippen molar-refractivity contribution < 1.29 is 10.2 Å². The molecule has 0 aromatic heterocycles. The Hall–Kier alpha value is -1.44. The van der Waals surface area contributed by atoms with E-state index in [1.165, 1.54) is 5.56 Å². The molecule has 2 nitrogen and oxygen atoms in total. The summed E-state index contributed by atoms with van der Waals surface area (Å²) in [5.74, 6) is 1.31. The van der Waals surface area contributed by atoms with Crippen LogP contribution >= 0.6 is 0 Å². The molecule has 14 heavy (non-hydrogen) atoms. The molecule has 0 spiro atoms. The number of aliphatic hydroxyl groups is 1. The molecule has 0 amide bonds. The maximum atomic E-state index is 9.24. The van der Waals surface area contributed by atoms with Crippen LogP contribution in [0.4, 0.5) is 0 Å². The molecule has 1 aliphatic rings. The topological polar surface area (TPSA) is 40.5 Å². The van der Waals surface area contributed by atoms with Gasteiger partial charge in [-0.25, -0.2) is 0 Å². The summed E-state index contributed by atoms with van der Waals surface area (Å²) in [6.07, 6.45) is 4.55. The zero-order chi connectivity index (χ0) is 9.97. The van der Waals surface area contributed by atoms with E-state index < -0.39 is 0 Å². The van der Waals surface area contributed by atoms with Crippen molar-refractivity contribution in [3.05, 3.63) is 41.7 Å². The summed E-state index contributed by atoms with van der Waals surface area (Å²) < 4.78 is 0. The number of rotatable bonds is 1. The van der Waals surface area contributed by atoms with Crippen LogP contribution in [0.2, 0.25) is 0 Å². The molecule has 0 heterocycles. The highest BCUT2D eigenvalue weighted by atomic mass is 16.3. The minimum absolute atomic E-state index is 0.308. The summed E-state index contributed by atoms with van der Waals surface area (Å²) in [7, 11) is 0. The molecule has 0 fully saturated rings. The molecule has 0 radical (unpaired) electrons. The molecule has 2 heteroatoms. The number of aliphatic hydroxyl groups excluding tert-OH is 1. The van der Waals surface area contributed by atoms with Gasteiger partial charge < -0.3 is 10.2 Å². The van der Waals surface area contributed by atoms with Gasteiger partial charge in [0.05, 0.1) is 5.76 Å². The number of phenolic OH excluding ortho intramolecular Hbond substituents is 1. The minimum Gasteiger partial charge on any atom is -0.513 e. The van der Waals surface area contributed by atoms with E-state index in [4.69, 9.17) is 5.11 Å². The van der Waals surface area contributed by atoms with Crippen molar-refractivity contribution >= 4 is 0 Å². The SMILES string of the molecule is OC1=CCC(c2ccc(O)cc2)CC1. The molecule has 0 aliphatic heterocycles. The molecule has 1 aliphatic carbocycles. The van der Waals surface area contributed by atoms with Crippen LogP contribution in [-0.2, 0) is 0 Å². The van der Waals surface area contributed by atoms with E-state index in [1.54, 1.807) is 12.1 Å². The molecule has 1 atom stereocenters. The molecule has 0 bridgehead atoms. The molecule has 1 unspecified atom stereocenters. The fraction of sp³-hybridized carbons (Fsp3) is 0.333. The molecule has 74 valence electrons. The molecule has 0 saturated carbocycles. The summed E-state index contributed by atoms with van der Waals surface area (Å²) in [4.78, 5) is 0. The van der Waals surface area contributed by atoms with Crippen LogP contribution in [0.3, 0.4) is 0 Å². The van der Waals surface area contributed by atoms with Crippen molar-refractivity contribution in [3.8, 4) is 5.75 Å². The zero-order valence-corrected chi connectivity index (χ0v) is 7.98. The average molecular weight is 190 g/mol. The Morgan fingerprint density at radius 2 is 1.79 bits per heavy atom. The third kappa shape index (κ3) is 1.90. The maximum absolute atomic E-state index is 9.24. The minimum atomic E-state index is 0.308. The molecular weight excluding hydrogens is 176 g/mol. The van der Waals surface area contributed by atoms with Crippen LogP contribution in [0.25, 0.3) is 0 Å². The van der Waals surface area contributed by atoms with E-state index in [9.17, 15) is 5.11 Å². The van der Waals surface area contributed by atoms with Crippen molar-refractivity contribution in [2.75, 3.05) is 0 Å². The molecular formula is C12H14O2. The fourth-order valence-electron chi connectivity index (χ4n) is 1.87. The second kappa shape index (κ2) is 3.74. The van der Waals surface area contributed by atoms with Crippen molar-refractivity contribution in [1.29, 1.82) is 0 Å². The van der Waals surface area contributed by atoms with E-state index in [-0.39, 0.29) is 0 Å². The Bertz CT molecular complexity index is 338. The smallest absolute Gasteiger partial charge is 0.115 e. The van der Waals surface area contributed by atoms with Gasteiger partial charge in [0.1, 0.15) is 5.75 Å². The molecule has 0 saturated heterocycles. The standard InChI is InChI=1S/C12H14O2/c13-11-5-1-9(2-6-11)10-3-7-12(14)8-4-10/h1-2,5-7,10,13-14H,3-4,8H2. The number of phenols is 1. The van der Waals surface area contributed by atoms with Gasteiger partial charge in [0.2, 0.25) is 0 Å². The number of allylic oxidation sites excluding steroid dienone is 2. The Morgan fingerprint density at radius 3 is 2.36 bits per heavy atom. The number of benzene rings is 1. The lowest BCUT2D eigenvalue weighted by atomic mass is 9.87. The highest BCUT2D eigenvalue weighted by Crippen LogP contribution is 2.31. The van der Waals surface area contributed by atoms with Gasteiger partial charge in [-0.2, -0.15) is 0 Å². The van der Waals surface area contributed by atoms with Crippen LogP contribution in [0.1, 0.15) is 30.7 Å². The first-order valence-corrected chi connectivity index (χ1v) is 4.92. The van der Waals surface area contributed by atoms with E-state index in [2.05, 4.69) is 0 Å². The quantitative estimate of drug-likeness (QED) is 0.714. The van der Waals surface area contributed by atoms with Gasteiger partial charge in [-0.1, -0.05) is 12.1 Å². The van der Waals surface area contributed by atoms with Crippen LogP contribution in [-0.4, -0.2) is 10.2 Å². The fourth-order valence-corrected chi connectivity index (χ4v) is 1.87. The lowest BCUT2D eigenvalue weighted by Gasteiger charge is -2.19. The molecule has 2 N–H and O–H groups in total. The predicted molar refractivity (Wildman–Crippen MR) is 55.4 cm³/mol. The van der Waals surface area contributed by atoms with E-state index in [0.29, 0.717) is 17.4 Å². The normalized spacial score (nSPS) is 21.7. The first-order valence-electron chi connectivity index (χ1n) is 4.92. The van der Waals surface area contributed by atoms with Crippen LogP contribution in [0, 0.1) is 0 Å². The predicted octanol–water partition coefficient (Wildman–Crippen LogP) is 3.10. The van der Waals surface area contributed by atoms with Crippen LogP contribution < -0.4 is 0 Å². The van der Waals surface area contributed by atoms with Gasteiger partial charge in [0.25, 0.3) is 0 Å². The molecule has 2 rings (SSSR count).